The van der Waals surface area contributed by atoms with Crippen LogP contribution in [0.2, 0.25) is 5.02 Å². The van der Waals surface area contributed by atoms with Gasteiger partial charge in [-0.05, 0) is 87.9 Å². The van der Waals surface area contributed by atoms with Gasteiger partial charge in [0.2, 0.25) is 0 Å². The number of carbonyl (C=O) groups excluding carboxylic acids is 3. The first kappa shape index (κ1) is 43.0. The van der Waals surface area contributed by atoms with Gasteiger partial charge in [0.25, 0.3) is 5.69 Å². The average molecular weight is 777 g/mol. The van der Waals surface area contributed by atoms with E-state index in [4.69, 9.17) is 25.9 Å². The molecule has 0 spiro atoms. The summed E-state index contributed by atoms with van der Waals surface area (Å²) in [6.45, 7) is 11.2. The van der Waals surface area contributed by atoms with Crippen molar-refractivity contribution in [2.75, 3.05) is 19.8 Å². The Morgan fingerprint density at radius 2 is 1.65 bits per heavy atom. The van der Waals surface area contributed by atoms with Crippen LogP contribution in [0.3, 0.4) is 0 Å². The third kappa shape index (κ3) is 11.3. The number of carbonyl (C=O) groups is 3. The molecular formula is C38H40ClF3N2O10. The number of alkyl halides is 3. The van der Waals surface area contributed by atoms with Gasteiger partial charge >= 0.3 is 18.1 Å². The van der Waals surface area contributed by atoms with E-state index in [2.05, 4.69) is 42.8 Å². The Labute approximate surface area is 314 Å². The maximum absolute atomic E-state index is 12.7. The summed E-state index contributed by atoms with van der Waals surface area (Å²) in [5, 5.41) is 25.3. The molecule has 54 heavy (non-hydrogen) atoms. The molecule has 0 aliphatic heterocycles. The summed E-state index contributed by atoms with van der Waals surface area (Å²) in [5.41, 5.74) is 3.49. The Morgan fingerprint density at radius 3 is 2.19 bits per heavy atom. The minimum Gasteiger partial charge on any atom is -0.511 e. The molecule has 4 rings (SSSR count). The molecule has 0 saturated carbocycles. The van der Waals surface area contributed by atoms with E-state index < -0.39 is 46.5 Å². The number of ether oxygens (including phenoxy) is 3. The Morgan fingerprint density at radius 1 is 0.981 bits per heavy atom. The zero-order valence-electron chi connectivity index (χ0n) is 30.5. The molecule has 1 aliphatic rings. The molecule has 3 aromatic carbocycles. The molecule has 0 radical (unpaired) electrons. The molecule has 0 amide bonds. The van der Waals surface area contributed by atoms with E-state index in [1.54, 1.807) is 0 Å². The van der Waals surface area contributed by atoms with Crippen LogP contribution in [0.15, 0.2) is 65.0 Å². The maximum Gasteiger partial charge on any atom is 0.416 e. The van der Waals surface area contributed by atoms with Crippen molar-refractivity contribution < 1.29 is 56.6 Å². The molecule has 1 aliphatic carbocycles. The molecule has 0 aromatic heterocycles. The molecule has 0 fully saturated rings. The van der Waals surface area contributed by atoms with Crippen molar-refractivity contribution >= 4 is 40.7 Å². The number of nitrogens with zero attached hydrogens (tertiary/aromatic N) is 2. The second-order valence-corrected chi connectivity index (χ2v) is 12.4. The van der Waals surface area contributed by atoms with Crippen LogP contribution in [0.4, 0.5) is 18.9 Å². The lowest BCUT2D eigenvalue weighted by molar-refractivity contribution is -0.385. The number of nitro benzene ring substituents is 1. The zero-order valence-corrected chi connectivity index (χ0v) is 31.2. The fraction of sp³-hybridized carbons (Fsp3) is 0.368. The Hall–Kier alpha value is -5.44. The van der Waals surface area contributed by atoms with Crippen molar-refractivity contribution in [3.63, 3.8) is 0 Å². The fourth-order valence-electron chi connectivity index (χ4n) is 5.88. The molecule has 0 bridgehead atoms. The number of benzene rings is 3. The van der Waals surface area contributed by atoms with Gasteiger partial charge in [0, 0.05) is 25.0 Å². The van der Waals surface area contributed by atoms with E-state index in [0.29, 0.717) is 43.2 Å². The number of aliphatic hydroxyl groups is 1. The van der Waals surface area contributed by atoms with E-state index in [1.165, 1.54) is 29.2 Å². The number of hydrogen-bond donors (Lipinski definition) is 1. The predicted octanol–water partition coefficient (Wildman–Crippen LogP) is 9.45. The molecule has 1 N–H and O–H groups in total. The van der Waals surface area contributed by atoms with E-state index in [0.717, 1.165) is 30.3 Å². The monoisotopic (exact) mass is 776 g/mol. The molecule has 16 heteroatoms. The summed E-state index contributed by atoms with van der Waals surface area (Å²) in [4.78, 5) is 51.5. The molecule has 290 valence electrons. The number of oxime groups is 1. The van der Waals surface area contributed by atoms with E-state index >= 15 is 0 Å². The van der Waals surface area contributed by atoms with Crippen molar-refractivity contribution in [1.82, 2.24) is 0 Å². The summed E-state index contributed by atoms with van der Waals surface area (Å²) in [6, 6.07) is 9.62. The number of ketones is 1. The Bertz CT molecular complexity index is 1940. The molecule has 1 unspecified atom stereocenters. The number of nitro groups is 1. The van der Waals surface area contributed by atoms with Crippen LogP contribution in [0, 0.1) is 30.9 Å². The summed E-state index contributed by atoms with van der Waals surface area (Å²) < 4.78 is 52.8. The second kappa shape index (κ2) is 19.1. The number of Topliss-reactive ketones (excluding diaryl/α,β-unsaturated/α-hetero) is 1. The lowest BCUT2D eigenvalue weighted by atomic mass is 9.78. The highest BCUT2D eigenvalue weighted by molar-refractivity contribution is 6.32. The zero-order chi connectivity index (χ0) is 40.3. The van der Waals surface area contributed by atoms with Crippen molar-refractivity contribution in [3.05, 3.63) is 108 Å². The maximum atomic E-state index is 12.7. The highest BCUT2D eigenvalue weighted by atomic mass is 35.5. The van der Waals surface area contributed by atoms with Crippen LogP contribution < -0.4 is 4.74 Å². The highest BCUT2D eigenvalue weighted by Gasteiger charge is 2.33. The minimum atomic E-state index is -4.61. The van der Waals surface area contributed by atoms with Gasteiger partial charge in [-0.15, -0.1) is 0 Å². The van der Waals surface area contributed by atoms with Crippen LogP contribution in [0.25, 0.3) is 0 Å². The number of aliphatic hydroxyl groups excluding tert-OH is 1. The van der Waals surface area contributed by atoms with Crippen molar-refractivity contribution in [3.8, 4) is 11.5 Å². The van der Waals surface area contributed by atoms with Gasteiger partial charge in [0.05, 0.1) is 33.4 Å². The van der Waals surface area contributed by atoms with Gasteiger partial charge in [-0.1, -0.05) is 41.4 Å². The first-order valence-electron chi connectivity index (χ1n) is 16.8. The van der Waals surface area contributed by atoms with E-state index in [9.17, 15) is 42.8 Å². The first-order chi connectivity index (χ1) is 25.4. The SMILES string of the molecule is CCO/N=C(\CC)C1=C(O)CC(c2c(C)cc(C)cc2C)CC1=O.CCOC(=O)COC(=O)c1cc(Oc2ccc(C(F)(F)F)cc2Cl)ccc1[N+](=O)[O-]. The van der Waals surface area contributed by atoms with E-state index in [1.807, 2.05) is 13.8 Å². The van der Waals surface area contributed by atoms with Crippen LogP contribution >= 0.6 is 11.6 Å². The summed E-state index contributed by atoms with van der Waals surface area (Å²) in [5.74, 6) is -2.25. The van der Waals surface area contributed by atoms with Crippen molar-refractivity contribution in [2.24, 2.45) is 5.16 Å². The number of aryl methyl sites for hydroxylation is 3. The van der Waals surface area contributed by atoms with Crippen LogP contribution in [-0.2, 0) is 30.1 Å². The van der Waals surface area contributed by atoms with Gasteiger partial charge in [-0.25, -0.2) is 9.59 Å². The summed E-state index contributed by atoms with van der Waals surface area (Å²) in [6.07, 6.45) is -3.18. The van der Waals surface area contributed by atoms with Crippen molar-refractivity contribution in [2.45, 2.75) is 72.9 Å². The summed E-state index contributed by atoms with van der Waals surface area (Å²) >= 11 is 5.81. The summed E-state index contributed by atoms with van der Waals surface area (Å²) in [7, 11) is 0. The van der Waals surface area contributed by atoms with Crippen LogP contribution in [-0.4, -0.2) is 53.3 Å². The van der Waals surface area contributed by atoms with Gasteiger partial charge in [-0.3, -0.25) is 14.9 Å². The molecule has 0 saturated heterocycles. The number of hydrogen-bond acceptors (Lipinski definition) is 11. The fourth-order valence-corrected chi connectivity index (χ4v) is 6.10. The van der Waals surface area contributed by atoms with Crippen LogP contribution in [0.5, 0.6) is 11.5 Å². The smallest absolute Gasteiger partial charge is 0.416 e. The normalized spacial score (nSPS) is 14.5. The van der Waals surface area contributed by atoms with Gasteiger partial charge in [-0.2, -0.15) is 13.2 Å². The Balaban J connectivity index is 0.000000297. The molecule has 1 atom stereocenters. The van der Waals surface area contributed by atoms with Crippen LogP contribution in [0.1, 0.15) is 84.1 Å². The quantitative estimate of drug-likeness (QED) is 0.0811. The third-order valence-electron chi connectivity index (χ3n) is 8.01. The predicted molar refractivity (Wildman–Crippen MR) is 193 cm³/mol. The lowest BCUT2D eigenvalue weighted by Crippen LogP contribution is -2.24. The molecule has 0 heterocycles. The Kier molecular flexibility index (Phi) is 15.2. The second-order valence-electron chi connectivity index (χ2n) is 12.0. The minimum absolute atomic E-state index is 0.0204. The average Bonchev–Trinajstić information content (AvgIpc) is 3.08. The molecule has 12 nitrogen and oxygen atoms in total. The molecular weight excluding hydrogens is 737 g/mol. The standard InChI is InChI=1S/C20H27NO3.C18H13ClF3NO7/c1-6-16(21-24-7-2)20-17(22)10-15(11-18(20)23)19-13(4)8-12(3)9-14(19)5;1-2-28-16(24)9-29-17(25)12-8-11(4-5-14(12)23(26)27)30-15-6-3-10(7-13(15)19)18(20,21)22/h8-9,15,22H,6-7,10-11H2,1-5H3;3-8H,2,9H2,1H3/b21-16+;. The van der Waals surface area contributed by atoms with Gasteiger partial charge < -0.3 is 24.2 Å². The van der Waals surface area contributed by atoms with Gasteiger partial charge in [0.1, 0.15) is 29.4 Å². The third-order valence-corrected chi connectivity index (χ3v) is 8.31. The molecule has 3 aromatic rings. The first-order valence-corrected chi connectivity index (χ1v) is 17.2. The van der Waals surface area contributed by atoms with E-state index in [-0.39, 0.29) is 40.6 Å². The largest absolute Gasteiger partial charge is 0.511 e. The lowest BCUT2D eigenvalue weighted by Gasteiger charge is -2.27. The number of halogens is 4. The number of allylic oxidation sites excluding steroid dienone is 2. The van der Waals surface area contributed by atoms with Crippen molar-refractivity contribution in [1.29, 1.82) is 0 Å². The topological polar surface area (TPSA) is 164 Å². The number of esters is 2. The van der Waals surface area contributed by atoms with Gasteiger partial charge in [0.15, 0.2) is 12.4 Å². The highest BCUT2D eigenvalue weighted by Crippen LogP contribution is 2.39. The number of rotatable bonds is 12.